The molecule has 2 rings (SSSR count). The van der Waals surface area contributed by atoms with Gasteiger partial charge in [0.2, 0.25) is 15.9 Å². The van der Waals surface area contributed by atoms with E-state index in [1.165, 1.54) is 24.3 Å². The van der Waals surface area contributed by atoms with Crippen molar-refractivity contribution >= 4 is 27.7 Å². The van der Waals surface area contributed by atoms with Crippen LogP contribution in [0.5, 0.6) is 0 Å². The summed E-state index contributed by atoms with van der Waals surface area (Å²) in [6, 6.07) is 5.29. The van der Waals surface area contributed by atoms with Crippen molar-refractivity contribution in [1.29, 1.82) is 0 Å². The summed E-state index contributed by atoms with van der Waals surface area (Å²) in [7, 11) is -3.77. The second-order valence-corrected chi connectivity index (χ2v) is 9.14. The highest BCUT2D eigenvalue weighted by Crippen LogP contribution is 2.15. The second-order valence-electron chi connectivity index (χ2n) is 7.58. The Hall–Kier alpha value is -2.17. The van der Waals surface area contributed by atoms with Gasteiger partial charge in [0.25, 0.3) is 0 Å². The Balaban J connectivity index is 1.90. The van der Waals surface area contributed by atoms with Gasteiger partial charge in [0.15, 0.2) is 0 Å². The van der Waals surface area contributed by atoms with Gasteiger partial charge in [-0.25, -0.2) is 18.4 Å². The van der Waals surface area contributed by atoms with E-state index < -0.39 is 16.1 Å². The molecule has 1 aliphatic rings. The summed E-state index contributed by atoms with van der Waals surface area (Å²) in [5.74, 6) is 0.0781. The number of hydrogen-bond donors (Lipinski definition) is 2. The van der Waals surface area contributed by atoms with E-state index in [1.807, 2.05) is 18.7 Å². The minimum atomic E-state index is -3.77. The first-order valence-corrected chi connectivity index (χ1v) is 11.2. The quantitative estimate of drug-likeness (QED) is 0.710. The molecule has 29 heavy (non-hydrogen) atoms. The Morgan fingerprint density at radius 2 is 1.76 bits per heavy atom. The number of nitrogens with zero attached hydrogens (tertiary/aromatic N) is 2. The van der Waals surface area contributed by atoms with Crippen LogP contribution in [0.2, 0.25) is 0 Å². The van der Waals surface area contributed by atoms with Crippen molar-refractivity contribution in [3.63, 3.8) is 0 Å². The van der Waals surface area contributed by atoms with Gasteiger partial charge >= 0.3 is 6.09 Å². The molecule has 162 valence electrons. The van der Waals surface area contributed by atoms with Crippen LogP contribution < -0.4 is 10.5 Å². The van der Waals surface area contributed by atoms with E-state index in [0.717, 1.165) is 6.42 Å². The van der Waals surface area contributed by atoms with Crippen LogP contribution in [0.4, 0.5) is 10.5 Å². The molecule has 1 atom stereocenters. The van der Waals surface area contributed by atoms with E-state index in [1.54, 1.807) is 11.8 Å². The largest absolute Gasteiger partial charge is 0.449 e. The molecule has 0 saturated carbocycles. The molecule has 1 aromatic rings. The maximum atomic E-state index is 12.6. The van der Waals surface area contributed by atoms with Crippen molar-refractivity contribution in [3.05, 3.63) is 24.3 Å². The summed E-state index contributed by atoms with van der Waals surface area (Å²) in [4.78, 5) is 28.4. The standard InChI is InChI=1S/C19H30N4O5S/c1-14(2)13-28-19(25)23-10-4-9-22(11-12-23)15(3)18(24)21-16-5-7-17(8-6-16)29(20,26)27/h5-8,14-15H,4,9-13H2,1-3H3,(H,21,24)(H2,20,26,27). The summed E-state index contributed by atoms with van der Waals surface area (Å²) >= 11 is 0. The molecule has 1 aromatic carbocycles. The molecule has 0 radical (unpaired) electrons. The number of anilines is 1. The summed E-state index contributed by atoms with van der Waals surface area (Å²) in [5.41, 5.74) is 0.489. The number of carbonyl (C=O) groups is 2. The maximum absolute atomic E-state index is 12.6. The molecule has 1 saturated heterocycles. The molecule has 1 aliphatic heterocycles. The van der Waals surface area contributed by atoms with E-state index >= 15 is 0 Å². The Bertz CT molecular complexity index is 810. The molecule has 2 amide bonds. The lowest BCUT2D eigenvalue weighted by molar-refractivity contribution is -0.120. The lowest BCUT2D eigenvalue weighted by Gasteiger charge is -2.27. The van der Waals surface area contributed by atoms with Gasteiger partial charge in [-0.2, -0.15) is 0 Å². The summed E-state index contributed by atoms with van der Waals surface area (Å²) in [5, 5.41) is 7.86. The van der Waals surface area contributed by atoms with E-state index in [-0.39, 0.29) is 22.8 Å². The molecule has 9 nitrogen and oxygen atoms in total. The molecule has 1 unspecified atom stereocenters. The van der Waals surface area contributed by atoms with E-state index in [0.29, 0.717) is 38.5 Å². The highest BCUT2D eigenvalue weighted by atomic mass is 32.2. The average molecular weight is 427 g/mol. The lowest BCUT2D eigenvalue weighted by atomic mass is 10.2. The van der Waals surface area contributed by atoms with E-state index in [2.05, 4.69) is 5.32 Å². The van der Waals surface area contributed by atoms with Gasteiger partial charge < -0.3 is 15.0 Å². The van der Waals surface area contributed by atoms with Crippen LogP contribution >= 0.6 is 0 Å². The number of carbonyl (C=O) groups excluding carboxylic acids is 2. The van der Waals surface area contributed by atoms with Crippen LogP contribution in [-0.2, 0) is 19.6 Å². The number of nitrogens with two attached hydrogens (primary N) is 1. The van der Waals surface area contributed by atoms with Crippen LogP contribution in [0, 0.1) is 5.92 Å². The zero-order valence-corrected chi connectivity index (χ0v) is 17.9. The minimum absolute atomic E-state index is 0.0134. The number of rotatable bonds is 6. The Kier molecular flexibility index (Phi) is 8.00. The van der Waals surface area contributed by atoms with E-state index in [9.17, 15) is 18.0 Å². The van der Waals surface area contributed by atoms with Crippen molar-refractivity contribution < 1.29 is 22.7 Å². The number of hydrogen-bond acceptors (Lipinski definition) is 6. The molecule has 0 aromatic heterocycles. The molecular weight excluding hydrogens is 396 g/mol. The van der Waals surface area contributed by atoms with Crippen molar-refractivity contribution in [2.45, 2.75) is 38.1 Å². The van der Waals surface area contributed by atoms with Gasteiger partial charge in [-0.05, 0) is 43.5 Å². The van der Waals surface area contributed by atoms with Gasteiger partial charge in [-0.15, -0.1) is 0 Å². The number of sulfonamides is 1. The first-order chi connectivity index (χ1) is 13.6. The highest BCUT2D eigenvalue weighted by Gasteiger charge is 2.26. The summed E-state index contributed by atoms with van der Waals surface area (Å²) < 4.78 is 27.9. The number of ether oxygens (including phenoxy) is 1. The molecule has 1 heterocycles. The van der Waals surface area contributed by atoms with Crippen LogP contribution in [0.15, 0.2) is 29.2 Å². The number of benzene rings is 1. The van der Waals surface area contributed by atoms with Crippen molar-refractivity contribution in [2.24, 2.45) is 11.1 Å². The van der Waals surface area contributed by atoms with Crippen LogP contribution in [-0.4, -0.2) is 69.0 Å². The molecular formula is C19H30N4O5S. The fourth-order valence-electron chi connectivity index (χ4n) is 2.98. The fraction of sp³-hybridized carbons (Fsp3) is 0.579. The van der Waals surface area contributed by atoms with Crippen molar-refractivity contribution in [3.8, 4) is 0 Å². The molecule has 0 bridgehead atoms. The maximum Gasteiger partial charge on any atom is 0.409 e. The molecule has 10 heteroatoms. The first-order valence-electron chi connectivity index (χ1n) is 9.67. The Labute approximate surface area is 172 Å². The Morgan fingerprint density at radius 1 is 1.10 bits per heavy atom. The predicted molar refractivity (Wildman–Crippen MR) is 110 cm³/mol. The average Bonchev–Trinajstić information content (AvgIpc) is 2.91. The fourth-order valence-corrected chi connectivity index (χ4v) is 3.49. The van der Waals surface area contributed by atoms with Gasteiger partial charge in [-0.3, -0.25) is 9.69 Å². The van der Waals surface area contributed by atoms with Gasteiger partial charge in [-0.1, -0.05) is 13.8 Å². The molecule has 3 N–H and O–H groups in total. The monoisotopic (exact) mass is 426 g/mol. The summed E-state index contributed by atoms with van der Waals surface area (Å²) in [6.45, 7) is 8.51. The third kappa shape index (κ3) is 6.98. The van der Waals surface area contributed by atoms with Crippen LogP contribution in [0.1, 0.15) is 27.2 Å². The minimum Gasteiger partial charge on any atom is -0.449 e. The molecule has 1 fully saturated rings. The smallest absolute Gasteiger partial charge is 0.409 e. The van der Waals surface area contributed by atoms with Gasteiger partial charge in [0, 0.05) is 31.9 Å². The van der Waals surface area contributed by atoms with Crippen molar-refractivity contribution in [2.75, 3.05) is 38.1 Å². The number of nitrogens with one attached hydrogen (secondary N) is 1. The summed E-state index contributed by atoms with van der Waals surface area (Å²) in [6.07, 6.45) is 0.435. The van der Waals surface area contributed by atoms with Crippen LogP contribution in [0.3, 0.4) is 0 Å². The lowest BCUT2D eigenvalue weighted by Crippen LogP contribution is -2.44. The SMILES string of the molecule is CC(C)COC(=O)N1CCCN(C(C)C(=O)Nc2ccc(S(N)(=O)=O)cc2)CC1. The van der Waals surface area contributed by atoms with Gasteiger partial charge in [0.1, 0.15) is 0 Å². The van der Waals surface area contributed by atoms with E-state index in [4.69, 9.17) is 9.88 Å². The molecule has 0 spiro atoms. The van der Waals surface area contributed by atoms with Gasteiger partial charge in [0.05, 0.1) is 17.5 Å². The second kappa shape index (κ2) is 10.0. The third-order valence-electron chi connectivity index (χ3n) is 4.71. The third-order valence-corrected chi connectivity index (χ3v) is 5.64. The van der Waals surface area contributed by atoms with Crippen LogP contribution in [0.25, 0.3) is 0 Å². The zero-order valence-electron chi connectivity index (χ0n) is 17.1. The number of amides is 2. The van der Waals surface area contributed by atoms with Crippen molar-refractivity contribution in [1.82, 2.24) is 9.80 Å². The highest BCUT2D eigenvalue weighted by molar-refractivity contribution is 7.89. The predicted octanol–water partition coefficient (Wildman–Crippen LogP) is 1.46. The zero-order chi connectivity index (χ0) is 21.6. The first kappa shape index (κ1) is 23.1. The topological polar surface area (TPSA) is 122 Å². The Morgan fingerprint density at radius 3 is 2.34 bits per heavy atom. The number of primary sulfonamides is 1. The normalized spacial score (nSPS) is 16.9. The molecule has 0 aliphatic carbocycles.